The summed E-state index contributed by atoms with van der Waals surface area (Å²) >= 11 is 0. The van der Waals surface area contributed by atoms with Crippen LogP contribution in [0.15, 0.2) is 52.9 Å². The van der Waals surface area contributed by atoms with Crippen molar-refractivity contribution < 1.29 is 13.9 Å². The molecule has 0 N–H and O–H groups in total. The Morgan fingerprint density at radius 1 is 0.923 bits per heavy atom. The number of para-hydroxylation sites is 1. The minimum absolute atomic E-state index is 0.118. The maximum absolute atomic E-state index is 12.6. The SMILES string of the molecule is Cc1oc(C)c(C(=O)OCc2nc3ccccc3c3ccccc23)c1C. The molecule has 0 aliphatic rings. The van der Waals surface area contributed by atoms with E-state index in [4.69, 9.17) is 14.1 Å². The van der Waals surface area contributed by atoms with E-state index in [2.05, 4.69) is 12.1 Å². The van der Waals surface area contributed by atoms with Gasteiger partial charge in [-0.3, -0.25) is 0 Å². The van der Waals surface area contributed by atoms with Gasteiger partial charge in [0.05, 0.1) is 11.2 Å². The molecular formula is C22H19NO3. The lowest BCUT2D eigenvalue weighted by molar-refractivity contribution is 0.0467. The lowest BCUT2D eigenvalue weighted by atomic mass is 10.0. The summed E-state index contributed by atoms with van der Waals surface area (Å²) in [6.45, 7) is 5.61. The average molecular weight is 345 g/mol. The van der Waals surface area contributed by atoms with Crippen LogP contribution in [-0.4, -0.2) is 11.0 Å². The van der Waals surface area contributed by atoms with Crippen LogP contribution in [0.1, 0.15) is 33.1 Å². The highest BCUT2D eigenvalue weighted by Gasteiger charge is 2.20. The van der Waals surface area contributed by atoms with E-state index >= 15 is 0 Å². The van der Waals surface area contributed by atoms with Crippen molar-refractivity contribution in [3.8, 4) is 0 Å². The van der Waals surface area contributed by atoms with Gasteiger partial charge in [-0.15, -0.1) is 0 Å². The number of furan rings is 1. The summed E-state index contributed by atoms with van der Waals surface area (Å²) in [5, 5.41) is 3.20. The monoisotopic (exact) mass is 345 g/mol. The highest BCUT2D eigenvalue weighted by atomic mass is 16.5. The van der Waals surface area contributed by atoms with Gasteiger partial charge >= 0.3 is 5.97 Å². The molecule has 0 atom stereocenters. The van der Waals surface area contributed by atoms with Crippen LogP contribution in [-0.2, 0) is 11.3 Å². The molecule has 2 aromatic heterocycles. The van der Waals surface area contributed by atoms with Gasteiger partial charge in [-0.05, 0) is 32.2 Å². The van der Waals surface area contributed by atoms with Gasteiger partial charge in [-0.1, -0.05) is 42.5 Å². The Hall–Kier alpha value is -3.14. The van der Waals surface area contributed by atoms with E-state index in [1.807, 2.05) is 50.2 Å². The minimum Gasteiger partial charge on any atom is -0.465 e. The number of carbonyl (C=O) groups excluding carboxylic acids is 1. The van der Waals surface area contributed by atoms with E-state index in [9.17, 15) is 4.79 Å². The van der Waals surface area contributed by atoms with Crippen LogP contribution < -0.4 is 0 Å². The summed E-state index contributed by atoms with van der Waals surface area (Å²) in [5.41, 5.74) is 2.98. The summed E-state index contributed by atoms with van der Waals surface area (Å²) in [5.74, 6) is 0.945. The number of benzene rings is 2. The molecule has 0 radical (unpaired) electrons. The summed E-state index contributed by atoms with van der Waals surface area (Å²) in [7, 11) is 0. The van der Waals surface area contributed by atoms with Gasteiger partial charge in [0.25, 0.3) is 0 Å². The molecule has 0 spiro atoms. The van der Waals surface area contributed by atoms with Crippen LogP contribution in [0, 0.1) is 20.8 Å². The van der Waals surface area contributed by atoms with E-state index in [0.717, 1.165) is 38.7 Å². The number of aryl methyl sites for hydroxylation is 2. The lowest BCUT2D eigenvalue weighted by Gasteiger charge is -2.10. The van der Waals surface area contributed by atoms with Crippen LogP contribution in [0.25, 0.3) is 21.7 Å². The Labute approximate surface area is 151 Å². The van der Waals surface area contributed by atoms with Crippen molar-refractivity contribution in [2.24, 2.45) is 0 Å². The van der Waals surface area contributed by atoms with Crippen molar-refractivity contribution in [3.63, 3.8) is 0 Å². The molecule has 0 saturated heterocycles. The number of hydrogen-bond acceptors (Lipinski definition) is 4. The lowest BCUT2D eigenvalue weighted by Crippen LogP contribution is -2.08. The molecule has 4 heteroatoms. The molecule has 2 heterocycles. The molecule has 4 aromatic rings. The van der Waals surface area contributed by atoms with E-state index < -0.39 is 0 Å². The maximum Gasteiger partial charge on any atom is 0.342 e. The first-order chi connectivity index (χ1) is 12.6. The summed E-state index contributed by atoms with van der Waals surface area (Å²) in [4.78, 5) is 17.3. The molecule has 0 unspecified atom stereocenters. The number of fused-ring (bicyclic) bond motifs is 3. The molecule has 2 aromatic carbocycles. The fourth-order valence-electron chi connectivity index (χ4n) is 3.38. The van der Waals surface area contributed by atoms with Crippen molar-refractivity contribution >= 4 is 27.6 Å². The largest absolute Gasteiger partial charge is 0.465 e. The van der Waals surface area contributed by atoms with E-state index in [1.165, 1.54) is 0 Å². The Kier molecular flexibility index (Phi) is 3.96. The number of aromatic nitrogens is 1. The predicted octanol–water partition coefficient (Wildman–Crippen LogP) is 5.26. The van der Waals surface area contributed by atoms with E-state index in [1.54, 1.807) is 6.92 Å². The molecule has 4 rings (SSSR count). The quantitative estimate of drug-likeness (QED) is 0.375. The fourth-order valence-corrected chi connectivity index (χ4v) is 3.38. The maximum atomic E-state index is 12.6. The second-order valence-electron chi connectivity index (χ2n) is 6.41. The molecule has 0 amide bonds. The number of carbonyl (C=O) groups is 1. The number of hydrogen-bond donors (Lipinski definition) is 0. The molecular weight excluding hydrogens is 326 g/mol. The van der Waals surface area contributed by atoms with Crippen molar-refractivity contribution in [1.82, 2.24) is 4.98 Å². The molecule has 0 aliphatic heterocycles. The zero-order chi connectivity index (χ0) is 18.3. The van der Waals surface area contributed by atoms with Gasteiger partial charge in [0, 0.05) is 16.3 Å². The molecule has 0 saturated carbocycles. The highest BCUT2D eigenvalue weighted by Crippen LogP contribution is 2.27. The first-order valence-electron chi connectivity index (χ1n) is 8.56. The van der Waals surface area contributed by atoms with Gasteiger partial charge in [0.1, 0.15) is 23.7 Å². The normalized spacial score (nSPS) is 11.2. The molecule has 0 aliphatic carbocycles. The first kappa shape index (κ1) is 16.3. The van der Waals surface area contributed by atoms with Crippen molar-refractivity contribution in [1.29, 1.82) is 0 Å². The molecule has 0 fully saturated rings. The third kappa shape index (κ3) is 2.64. The smallest absolute Gasteiger partial charge is 0.342 e. The Morgan fingerprint density at radius 2 is 1.58 bits per heavy atom. The van der Waals surface area contributed by atoms with Gasteiger partial charge in [0.2, 0.25) is 0 Å². The molecule has 26 heavy (non-hydrogen) atoms. The highest BCUT2D eigenvalue weighted by molar-refractivity contribution is 6.06. The van der Waals surface area contributed by atoms with Crippen LogP contribution >= 0.6 is 0 Å². The average Bonchev–Trinajstić information content (AvgIpc) is 2.91. The number of ether oxygens (including phenoxy) is 1. The second kappa shape index (κ2) is 6.30. The van der Waals surface area contributed by atoms with Gasteiger partial charge in [0.15, 0.2) is 0 Å². The fraction of sp³-hybridized carbons (Fsp3) is 0.182. The molecule has 0 bridgehead atoms. The van der Waals surface area contributed by atoms with Crippen molar-refractivity contribution in [2.75, 3.05) is 0 Å². The van der Waals surface area contributed by atoms with Gasteiger partial charge in [-0.25, -0.2) is 9.78 Å². The summed E-state index contributed by atoms with van der Waals surface area (Å²) in [6, 6.07) is 16.0. The number of rotatable bonds is 3. The van der Waals surface area contributed by atoms with Crippen LogP contribution in [0.5, 0.6) is 0 Å². The predicted molar refractivity (Wildman–Crippen MR) is 101 cm³/mol. The minimum atomic E-state index is -0.379. The summed E-state index contributed by atoms with van der Waals surface area (Å²) < 4.78 is 11.1. The second-order valence-corrected chi connectivity index (χ2v) is 6.41. The van der Waals surface area contributed by atoms with Gasteiger partial charge < -0.3 is 9.15 Å². The van der Waals surface area contributed by atoms with E-state index in [0.29, 0.717) is 11.3 Å². The zero-order valence-corrected chi connectivity index (χ0v) is 15.0. The standard InChI is InChI=1S/C22H19NO3/c1-13-14(2)26-15(3)21(13)22(24)25-12-20-18-10-5-4-8-16(18)17-9-6-7-11-19(17)23-20/h4-11H,12H2,1-3H3. The third-order valence-corrected chi connectivity index (χ3v) is 4.79. The Bertz CT molecular complexity index is 1140. The van der Waals surface area contributed by atoms with Crippen LogP contribution in [0.4, 0.5) is 0 Å². The van der Waals surface area contributed by atoms with Crippen molar-refractivity contribution in [2.45, 2.75) is 27.4 Å². The van der Waals surface area contributed by atoms with Crippen LogP contribution in [0.2, 0.25) is 0 Å². The number of pyridine rings is 1. The first-order valence-corrected chi connectivity index (χ1v) is 8.56. The van der Waals surface area contributed by atoms with Gasteiger partial charge in [-0.2, -0.15) is 0 Å². The van der Waals surface area contributed by atoms with Crippen LogP contribution in [0.3, 0.4) is 0 Å². The topological polar surface area (TPSA) is 52.3 Å². The van der Waals surface area contributed by atoms with Crippen molar-refractivity contribution in [3.05, 3.63) is 76.9 Å². The number of esters is 1. The number of nitrogens with zero attached hydrogens (tertiary/aromatic N) is 1. The summed E-state index contributed by atoms with van der Waals surface area (Å²) in [6.07, 6.45) is 0. The molecule has 130 valence electrons. The zero-order valence-electron chi connectivity index (χ0n) is 15.0. The Balaban J connectivity index is 1.72. The molecule has 4 nitrogen and oxygen atoms in total. The Morgan fingerprint density at radius 3 is 2.27 bits per heavy atom. The van der Waals surface area contributed by atoms with E-state index in [-0.39, 0.29) is 12.6 Å². The third-order valence-electron chi connectivity index (χ3n) is 4.79.